The minimum atomic E-state index is -5.04. The number of rotatable bonds is 2. The Morgan fingerprint density at radius 3 is 2.63 bits per heavy atom. The fourth-order valence-corrected chi connectivity index (χ4v) is 2.77. The molecule has 4 aromatic heterocycles. The number of alkyl halides is 3. The van der Waals surface area contributed by atoms with E-state index < -0.39 is 18.0 Å². The molecular weight excluding hydrogens is 363 g/mol. The molecule has 4 rings (SSSR count). The minimum Gasteiger partial charge on any atom is -0.369 e. The van der Waals surface area contributed by atoms with Crippen molar-refractivity contribution in [3.05, 3.63) is 42.9 Å². The van der Waals surface area contributed by atoms with Gasteiger partial charge in [0.1, 0.15) is 5.65 Å². The number of nitrogens with one attached hydrogen (secondary N) is 1. The SMILES string of the molecule is Nc1nccc2c(-c3ccnc(NC(=O)C(F)(F)F)n3)c3cccnc3n12. The van der Waals surface area contributed by atoms with Crippen molar-refractivity contribution < 1.29 is 18.0 Å². The third-order valence-corrected chi connectivity index (χ3v) is 3.83. The highest BCUT2D eigenvalue weighted by molar-refractivity contribution is 6.04. The van der Waals surface area contributed by atoms with E-state index in [0.717, 1.165) is 0 Å². The van der Waals surface area contributed by atoms with Gasteiger partial charge in [0.05, 0.1) is 11.2 Å². The summed E-state index contributed by atoms with van der Waals surface area (Å²) in [6.45, 7) is 0. The molecule has 0 unspecified atom stereocenters. The lowest BCUT2D eigenvalue weighted by atomic mass is 10.1. The van der Waals surface area contributed by atoms with Crippen molar-refractivity contribution in [3.63, 3.8) is 0 Å². The summed E-state index contributed by atoms with van der Waals surface area (Å²) in [5, 5.41) is 2.32. The number of carbonyl (C=O) groups is 1. The van der Waals surface area contributed by atoms with Crippen LogP contribution in [0.4, 0.5) is 25.1 Å². The molecule has 0 saturated carbocycles. The molecule has 0 radical (unpaired) electrons. The highest BCUT2D eigenvalue weighted by atomic mass is 19.4. The Bertz CT molecular complexity index is 1190. The second-order valence-corrected chi connectivity index (χ2v) is 5.49. The van der Waals surface area contributed by atoms with Gasteiger partial charge in [0, 0.05) is 29.5 Å². The van der Waals surface area contributed by atoms with Gasteiger partial charge in [-0.05, 0) is 24.3 Å². The fourth-order valence-electron chi connectivity index (χ4n) is 2.77. The van der Waals surface area contributed by atoms with Crippen LogP contribution in [0.15, 0.2) is 42.9 Å². The molecule has 136 valence electrons. The van der Waals surface area contributed by atoms with Gasteiger partial charge in [0.15, 0.2) is 0 Å². The molecule has 0 atom stereocenters. The van der Waals surface area contributed by atoms with Crippen molar-refractivity contribution in [1.82, 2.24) is 24.3 Å². The lowest BCUT2D eigenvalue weighted by Gasteiger charge is -2.07. The van der Waals surface area contributed by atoms with Gasteiger partial charge in [0.25, 0.3) is 0 Å². The van der Waals surface area contributed by atoms with Crippen LogP contribution in [0.2, 0.25) is 0 Å². The van der Waals surface area contributed by atoms with E-state index in [-0.39, 0.29) is 5.95 Å². The summed E-state index contributed by atoms with van der Waals surface area (Å²) in [5.41, 5.74) is 7.97. The van der Waals surface area contributed by atoms with Gasteiger partial charge in [-0.3, -0.25) is 14.5 Å². The molecule has 0 spiro atoms. The molecule has 11 heteroatoms. The average molecular weight is 373 g/mol. The Hall–Kier alpha value is -3.76. The first-order valence-electron chi connectivity index (χ1n) is 7.57. The van der Waals surface area contributed by atoms with Crippen LogP contribution in [0.5, 0.6) is 0 Å². The predicted molar refractivity (Wildman–Crippen MR) is 90.6 cm³/mol. The van der Waals surface area contributed by atoms with Crippen LogP contribution in [-0.4, -0.2) is 36.4 Å². The smallest absolute Gasteiger partial charge is 0.369 e. The van der Waals surface area contributed by atoms with Crippen LogP contribution in [0.1, 0.15) is 0 Å². The Labute approximate surface area is 148 Å². The van der Waals surface area contributed by atoms with E-state index in [9.17, 15) is 18.0 Å². The summed E-state index contributed by atoms with van der Waals surface area (Å²) in [4.78, 5) is 27.2. The number of amides is 1. The molecule has 8 nitrogen and oxygen atoms in total. The van der Waals surface area contributed by atoms with E-state index in [1.165, 1.54) is 18.5 Å². The molecule has 27 heavy (non-hydrogen) atoms. The molecule has 4 aromatic rings. The molecule has 0 fully saturated rings. The van der Waals surface area contributed by atoms with Gasteiger partial charge < -0.3 is 5.73 Å². The van der Waals surface area contributed by atoms with Gasteiger partial charge in [-0.15, -0.1) is 0 Å². The van der Waals surface area contributed by atoms with Crippen molar-refractivity contribution in [3.8, 4) is 11.3 Å². The van der Waals surface area contributed by atoms with Crippen LogP contribution >= 0.6 is 0 Å². The molecule has 0 saturated heterocycles. The van der Waals surface area contributed by atoms with E-state index in [1.54, 1.807) is 34.1 Å². The first-order chi connectivity index (χ1) is 12.9. The lowest BCUT2D eigenvalue weighted by molar-refractivity contribution is -0.167. The van der Waals surface area contributed by atoms with Crippen LogP contribution in [0.25, 0.3) is 27.8 Å². The average Bonchev–Trinajstić information content (AvgIpc) is 2.96. The number of nitrogens with zero attached hydrogens (tertiary/aromatic N) is 5. The maximum atomic E-state index is 12.5. The highest BCUT2D eigenvalue weighted by Gasteiger charge is 2.39. The number of nitrogens with two attached hydrogens (primary N) is 1. The number of pyridine rings is 1. The number of carbonyl (C=O) groups excluding carboxylic acids is 1. The largest absolute Gasteiger partial charge is 0.471 e. The fraction of sp³-hybridized carbons (Fsp3) is 0.0625. The number of halogens is 3. The van der Waals surface area contributed by atoms with Crippen LogP contribution in [0.3, 0.4) is 0 Å². The Balaban J connectivity index is 1.91. The van der Waals surface area contributed by atoms with E-state index in [0.29, 0.717) is 27.8 Å². The van der Waals surface area contributed by atoms with Crippen molar-refractivity contribution in [2.24, 2.45) is 0 Å². The van der Waals surface area contributed by atoms with E-state index in [2.05, 4.69) is 19.9 Å². The van der Waals surface area contributed by atoms with Gasteiger partial charge >= 0.3 is 12.1 Å². The number of fused-ring (bicyclic) bond motifs is 3. The summed E-state index contributed by atoms with van der Waals surface area (Å²) in [5.74, 6) is -2.42. The van der Waals surface area contributed by atoms with Crippen LogP contribution in [-0.2, 0) is 4.79 Å². The summed E-state index contributed by atoms with van der Waals surface area (Å²) in [6.07, 6.45) is -0.704. The first kappa shape index (κ1) is 16.7. The van der Waals surface area contributed by atoms with Crippen molar-refractivity contribution >= 4 is 34.4 Å². The highest BCUT2D eigenvalue weighted by Crippen LogP contribution is 2.34. The van der Waals surface area contributed by atoms with Gasteiger partial charge in [-0.2, -0.15) is 13.2 Å². The molecule has 0 aliphatic rings. The Morgan fingerprint density at radius 1 is 1.07 bits per heavy atom. The lowest BCUT2D eigenvalue weighted by Crippen LogP contribution is -2.30. The zero-order chi connectivity index (χ0) is 19.2. The standard InChI is InChI=1S/C16H10F3N7O/c17-16(18,19)13(27)25-15-23-6-3-9(24-15)11-8-2-1-5-21-12(8)26-10(11)4-7-22-14(26)20/h1-7H,(H2,20,22)(H,23,24,25,27). The van der Waals surface area contributed by atoms with Crippen molar-refractivity contribution in [2.45, 2.75) is 6.18 Å². The molecule has 0 aliphatic heterocycles. The molecule has 0 aliphatic carbocycles. The Kier molecular flexibility index (Phi) is 3.65. The number of hydrogen-bond donors (Lipinski definition) is 2. The first-order valence-corrected chi connectivity index (χ1v) is 7.57. The third-order valence-electron chi connectivity index (χ3n) is 3.83. The maximum absolute atomic E-state index is 12.5. The van der Waals surface area contributed by atoms with Crippen molar-refractivity contribution in [2.75, 3.05) is 11.1 Å². The van der Waals surface area contributed by atoms with Crippen molar-refractivity contribution in [1.29, 1.82) is 0 Å². The molecule has 3 N–H and O–H groups in total. The van der Waals surface area contributed by atoms with Gasteiger partial charge in [0.2, 0.25) is 11.9 Å². The quantitative estimate of drug-likeness (QED) is 0.558. The normalized spacial score (nSPS) is 11.8. The van der Waals surface area contributed by atoms with E-state index >= 15 is 0 Å². The van der Waals surface area contributed by atoms with E-state index in [1.807, 2.05) is 0 Å². The second kappa shape index (κ2) is 5.90. The van der Waals surface area contributed by atoms with Crippen LogP contribution < -0.4 is 11.1 Å². The van der Waals surface area contributed by atoms with Crippen LogP contribution in [0, 0.1) is 0 Å². The third kappa shape index (κ3) is 2.78. The summed E-state index contributed by atoms with van der Waals surface area (Å²) in [7, 11) is 0. The minimum absolute atomic E-state index is 0.196. The topological polar surface area (TPSA) is 111 Å². The second-order valence-electron chi connectivity index (χ2n) is 5.49. The van der Waals surface area contributed by atoms with Gasteiger partial charge in [-0.1, -0.05) is 0 Å². The Morgan fingerprint density at radius 2 is 1.85 bits per heavy atom. The number of anilines is 2. The predicted octanol–water partition coefficient (Wildman–Crippen LogP) is 2.42. The number of hydrogen-bond acceptors (Lipinski definition) is 6. The molecule has 0 aromatic carbocycles. The maximum Gasteiger partial charge on any atom is 0.471 e. The zero-order valence-corrected chi connectivity index (χ0v) is 13.4. The summed E-state index contributed by atoms with van der Waals surface area (Å²) in [6, 6.07) is 6.69. The van der Waals surface area contributed by atoms with Gasteiger partial charge in [-0.25, -0.2) is 19.9 Å². The zero-order valence-electron chi connectivity index (χ0n) is 13.4. The van der Waals surface area contributed by atoms with E-state index in [4.69, 9.17) is 5.73 Å². The molecular formula is C16H10F3N7O. The monoisotopic (exact) mass is 373 g/mol. The number of aromatic nitrogens is 5. The number of nitrogen functional groups attached to an aromatic ring is 1. The summed E-state index contributed by atoms with van der Waals surface area (Å²) < 4.78 is 39.0. The summed E-state index contributed by atoms with van der Waals surface area (Å²) >= 11 is 0. The molecule has 0 bridgehead atoms. The molecule has 4 heterocycles. The molecule has 1 amide bonds.